The summed E-state index contributed by atoms with van der Waals surface area (Å²) < 4.78 is 0. The Morgan fingerprint density at radius 1 is 1.36 bits per heavy atom. The highest BCUT2D eigenvalue weighted by molar-refractivity contribution is 6.34. The minimum Gasteiger partial charge on any atom is -0.477 e. The minimum atomic E-state index is -1.15. The molecule has 0 heterocycles. The normalized spacial score (nSPS) is 9.86. The number of carboxylic acid groups (broad SMARTS) is 1. The van der Waals surface area contributed by atoms with Gasteiger partial charge in [0, 0.05) is 6.42 Å². The van der Waals surface area contributed by atoms with Crippen LogP contribution in [0.1, 0.15) is 16.7 Å². The smallest absolute Gasteiger partial charge is 0.349 e. The fraction of sp³-hybridized carbons (Fsp3) is 0.273. The van der Waals surface area contributed by atoms with Crippen molar-refractivity contribution < 1.29 is 9.90 Å². The van der Waals surface area contributed by atoms with Crippen LogP contribution in [0.2, 0.25) is 0 Å². The molecule has 0 bridgehead atoms. The highest BCUT2D eigenvalue weighted by Gasteiger charge is 2.07. The number of rotatable bonds is 3. The summed E-state index contributed by atoms with van der Waals surface area (Å²) in [6, 6.07) is 5.73. The van der Waals surface area contributed by atoms with Crippen LogP contribution in [0.25, 0.3) is 0 Å². The SMILES string of the molecule is Cc1ccc(CC(=N)C(=O)O)cc1C. The van der Waals surface area contributed by atoms with Crippen molar-refractivity contribution >= 4 is 11.7 Å². The lowest BCUT2D eigenvalue weighted by molar-refractivity contribution is -0.129. The van der Waals surface area contributed by atoms with Crippen LogP contribution in [0.15, 0.2) is 18.2 Å². The van der Waals surface area contributed by atoms with Crippen LogP contribution < -0.4 is 0 Å². The molecule has 3 heteroatoms. The second kappa shape index (κ2) is 4.05. The van der Waals surface area contributed by atoms with Gasteiger partial charge in [0.1, 0.15) is 5.71 Å². The first-order chi connectivity index (χ1) is 6.50. The summed E-state index contributed by atoms with van der Waals surface area (Å²) >= 11 is 0. The Balaban J connectivity index is 2.83. The van der Waals surface area contributed by atoms with Gasteiger partial charge in [0.25, 0.3) is 0 Å². The minimum absolute atomic E-state index is 0.191. The monoisotopic (exact) mass is 191 g/mol. The molecule has 1 aromatic rings. The molecular weight excluding hydrogens is 178 g/mol. The molecule has 0 radical (unpaired) electrons. The number of benzene rings is 1. The summed E-state index contributed by atoms with van der Waals surface area (Å²) in [4.78, 5) is 10.4. The molecule has 0 aromatic heterocycles. The van der Waals surface area contributed by atoms with Gasteiger partial charge in [0.05, 0.1) is 0 Å². The van der Waals surface area contributed by atoms with Crippen LogP contribution >= 0.6 is 0 Å². The highest BCUT2D eigenvalue weighted by Crippen LogP contribution is 2.10. The summed E-state index contributed by atoms with van der Waals surface area (Å²) in [7, 11) is 0. The standard InChI is InChI=1S/C11H13NO2/c1-7-3-4-9(5-8(7)2)6-10(12)11(13)14/h3-5,12H,6H2,1-2H3,(H,13,14). The first-order valence-corrected chi connectivity index (χ1v) is 4.37. The Morgan fingerprint density at radius 3 is 2.50 bits per heavy atom. The number of nitrogens with one attached hydrogen (secondary N) is 1. The van der Waals surface area contributed by atoms with Gasteiger partial charge in [-0.15, -0.1) is 0 Å². The molecule has 0 aliphatic carbocycles. The summed E-state index contributed by atoms with van der Waals surface area (Å²) in [6.45, 7) is 3.98. The number of aryl methyl sites for hydroxylation is 2. The van der Waals surface area contributed by atoms with Crippen LogP contribution in [0.5, 0.6) is 0 Å². The number of carbonyl (C=O) groups is 1. The number of carboxylic acids is 1. The zero-order chi connectivity index (χ0) is 10.7. The summed E-state index contributed by atoms with van der Waals surface area (Å²) in [5, 5.41) is 15.7. The van der Waals surface area contributed by atoms with Gasteiger partial charge in [0.2, 0.25) is 0 Å². The third-order valence-corrected chi connectivity index (χ3v) is 2.21. The van der Waals surface area contributed by atoms with Crippen molar-refractivity contribution in [1.82, 2.24) is 0 Å². The summed E-state index contributed by atoms with van der Waals surface area (Å²) in [6.07, 6.45) is 0.191. The van der Waals surface area contributed by atoms with E-state index in [1.165, 1.54) is 5.56 Å². The van der Waals surface area contributed by atoms with E-state index in [-0.39, 0.29) is 12.1 Å². The van der Waals surface area contributed by atoms with Gasteiger partial charge in [-0.1, -0.05) is 18.2 Å². The summed E-state index contributed by atoms with van der Waals surface area (Å²) in [5.41, 5.74) is 2.91. The Kier molecular flexibility index (Phi) is 3.02. The molecule has 0 amide bonds. The van der Waals surface area contributed by atoms with Gasteiger partial charge < -0.3 is 5.11 Å². The van der Waals surface area contributed by atoms with Crippen molar-refractivity contribution in [2.75, 3.05) is 0 Å². The van der Waals surface area contributed by atoms with Crippen LogP contribution in [-0.4, -0.2) is 16.8 Å². The Hall–Kier alpha value is -1.64. The average Bonchev–Trinajstić information content (AvgIpc) is 2.11. The van der Waals surface area contributed by atoms with Crippen molar-refractivity contribution in [2.24, 2.45) is 0 Å². The summed E-state index contributed by atoms with van der Waals surface area (Å²) in [5.74, 6) is -1.15. The third-order valence-electron chi connectivity index (χ3n) is 2.21. The zero-order valence-corrected chi connectivity index (χ0v) is 8.29. The molecular formula is C11H13NO2. The van der Waals surface area contributed by atoms with Crippen LogP contribution in [0, 0.1) is 19.3 Å². The van der Waals surface area contributed by atoms with Crippen LogP contribution in [0.4, 0.5) is 0 Å². The van der Waals surface area contributed by atoms with E-state index >= 15 is 0 Å². The predicted molar refractivity (Wildman–Crippen MR) is 55.0 cm³/mol. The van der Waals surface area contributed by atoms with E-state index in [2.05, 4.69) is 0 Å². The van der Waals surface area contributed by atoms with Gasteiger partial charge in [-0.2, -0.15) is 0 Å². The van der Waals surface area contributed by atoms with E-state index in [0.717, 1.165) is 11.1 Å². The van der Waals surface area contributed by atoms with E-state index in [9.17, 15) is 4.79 Å². The second-order valence-electron chi connectivity index (χ2n) is 3.38. The maximum absolute atomic E-state index is 10.4. The van der Waals surface area contributed by atoms with Gasteiger partial charge in [-0.25, -0.2) is 4.79 Å². The maximum atomic E-state index is 10.4. The van der Waals surface area contributed by atoms with E-state index in [4.69, 9.17) is 10.5 Å². The largest absolute Gasteiger partial charge is 0.477 e. The number of aliphatic carboxylic acids is 1. The molecule has 14 heavy (non-hydrogen) atoms. The zero-order valence-electron chi connectivity index (χ0n) is 8.29. The molecule has 0 aliphatic rings. The topological polar surface area (TPSA) is 61.2 Å². The van der Waals surface area contributed by atoms with Crippen LogP contribution in [-0.2, 0) is 11.2 Å². The van der Waals surface area contributed by atoms with Crippen molar-refractivity contribution in [1.29, 1.82) is 5.41 Å². The Bertz CT molecular complexity index is 383. The molecule has 74 valence electrons. The molecule has 0 saturated heterocycles. The van der Waals surface area contributed by atoms with Gasteiger partial charge in [-0.3, -0.25) is 5.41 Å². The highest BCUT2D eigenvalue weighted by atomic mass is 16.4. The van der Waals surface area contributed by atoms with Gasteiger partial charge in [-0.05, 0) is 30.5 Å². The fourth-order valence-electron chi connectivity index (χ4n) is 1.19. The number of hydrogen-bond donors (Lipinski definition) is 2. The molecule has 3 nitrogen and oxygen atoms in total. The average molecular weight is 191 g/mol. The molecule has 1 aromatic carbocycles. The van der Waals surface area contributed by atoms with E-state index in [0.29, 0.717) is 0 Å². The van der Waals surface area contributed by atoms with Gasteiger partial charge >= 0.3 is 5.97 Å². The quantitative estimate of drug-likeness (QED) is 0.717. The van der Waals surface area contributed by atoms with E-state index in [1.807, 2.05) is 32.0 Å². The molecule has 0 saturated carbocycles. The lowest BCUT2D eigenvalue weighted by atomic mass is 10.0. The predicted octanol–water partition coefficient (Wildman–Crippen LogP) is 1.95. The first kappa shape index (κ1) is 10.4. The lowest BCUT2D eigenvalue weighted by Gasteiger charge is -2.03. The molecule has 0 fully saturated rings. The molecule has 0 unspecified atom stereocenters. The van der Waals surface area contributed by atoms with Crippen molar-refractivity contribution in [3.63, 3.8) is 0 Å². The molecule has 0 aliphatic heterocycles. The third kappa shape index (κ3) is 2.42. The molecule has 1 rings (SSSR count). The maximum Gasteiger partial charge on any atom is 0.349 e. The lowest BCUT2D eigenvalue weighted by Crippen LogP contribution is -2.14. The second-order valence-corrected chi connectivity index (χ2v) is 3.38. The van der Waals surface area contributed by atoms with Crippen LogP contribution in [0.3, 0.4) is 0 Å². The Morgan fingerprint density at radius 2 is 2.00 bits per heavy atom. The van der Waals surface area contributed by atoms with Crippen molar-refractivity contribution in [3.8, 4) is 0 Å². The van der Waals surface area contributed by atoms with E-state index in [1.54, 1.807) is 0 Å². The molecule has 2 N–H and O–H groups in total. The molecule has 0 spiro atoms. The van der Waals surface area contributed by atoms with Crippen molar-refractivity contribution in [3.05, 3.63) is 34.9 Å². The van der Waals surface area contributed by atoms with Gasteiger partial charge in [0.15, 0.2) is 0 Å². The van der Waals surface area contributed by atoms with Crippen molar-refractivity contribution in [2.45, 2.75) is 20.3 Å². The Labute approximate surface area is 82.9 Å². The van der Waals surface area contributed by atoms with E-state index < -0.39 is 5.97 Å². The fourth-order valence-corrected chi connectivity index (χ4v) is 1.19. The number of hydrogen-bond acceptors (Lipinski definition) is 2. The first-order valence-electron chi connectivity index (χ1n) is 4.37. The molecule has 0 atom stereocenters.